The molecule has 4 heteroatoms. The summed E-state index contributed by atoms with van der Waals surface area (Å²) < 4.78 is 0. The summed E-state index contributed by atoms with van der Waals surface area (Å²) in [7, 11) is 3.92. The number of aryl methyl sites for hydroxylation is 2. The molecule has 1 heterocycles. The number of hydrogen-bond donors (Lipinski definition) is 1. The summed E-state index contributed by atoms with van der Waals surface area (Å²) >= 11 is 0. The largest absolute Gasteiger partial charge is 0.316 e. The molecule has 0 fully saturated rings. The molecule has 0 bridgehead atoms. The quantitative estimate of drug-likeness (QED) is 0.913. The van der Waals surface area contributed by atoms with Crippen molar-refractivity contribution in [3.8, 4) is 0 Å². The van der Waals surface area contributed by atoms with E-state index in [1.54, 1.807) is 0 Å². The van der Waals surface area contributed by atoms with E-state index in [9.17, 15) is 0 Å². The molecule has 100 valence electrons. The highest BCUT2D eigenvalue weighted by Gasteiger charge is 2.10. The number of para-hydroxylation sites is 1. The highest BCUT2D eigenvalue weighted by Crippen LogP contribution is 2.23. The Morgan fingerprint density at radius 3 is 2.58 bits per heavy atom. The Morgan fingerprint density at radius 1 is 1.21 bits per heavy atom. The highest BCUT2D eigenvalue weighted by molar-refractivity contribution is 5.60. The number of anilines is 2. The maximum atomic E-state index is 4.58. The lowest BCUT2D eigenvalue weighted by Gasteiger charge is -2.20. The third kappa shape index (κ3) is 2.90. The van der Waals surface area contributed by atoms with Gasteiger partial charge in [-0.25, -0.2) is 9.97 Å². The normalized spacial score (nSPS) is 10.5. The van der Waals surface area contributed by atoms with E-state index < -0.39 is 0 Å². The van der Waals surface area contributed by atoms with E-state index in [0.29, 0.717) is 0 Å². The molecule has 2 aromatic rings. The van der Waals surface area contributed by atoms with Gasteiger partial charge in [-0.1, -0.05) is 18.2 Å². The average molecular weight is 256 g/mol. The fraction of sp³-hybridized carbons (Fsp3) is 0.333. The van der Waals surface area contributed by atoms with E-state index in [1.807, 2.05) is 44.2 Å². The van der Waals surface area contributed by atoms with Gasteiger partial charge in [-0.3, -0.25) is 0 Å². The minimum atomic E-state index is 0.728. The molecule has 0 saturated heterocycles. The Hall–Kier alpha value is -1.94. The molecule has 0 aliphatic carbocycles. The predicted octanol–water partition coefficient (Wildman–Crippen LogP) is 2.58. The van der Waals surface area contributed by atoms with Crippen molar-refractivity contribution in [2.75, 3.05) is 19.0 Å². The Kier molecular flexibility index (Phi) is 4.12. The van der Waals surface area contributed by atoms with E-state index in [4.69, 9.17) is 0 Å². The molecule has 0 radical (unpaired) electrons. The van der Waals surface area contributed by atoms with Gasteiger partial charge in [-0.2, -0.15) is 0 Å². The minimum Gasteiger partial charge on any atom is -0.316 e. The van der Waals surface area contributed by atoms with Crippen LogP contribution < -0.4 is 10.2 Å². The van der Waals surface area contributed by atoms with E-state index in [-0.39, 0.29) is 0 Å². The predicted molar refractivity (Wildman–Crippen MR) is 78.8 cm³/mol. The van der Waals surface area contributed by atoms with Gasteiger partial charge in [0.05, 0.1) is 0 Å². The zero-order valence-corrected chi connectivity index (χ0v) is 11.9. The second-order valence-electron chi connectivity index (χ2n) is 4.66. The van der Waals surface area contributed by atoms with Crippen LogP contribution in [0, 0.1) is 13.8 Å². The van der Waals surface area contributed by atoms with Gasteiger partial charge < -0.3 is 10.2 Å². The molecule has 0 aliphatic heterocycles. The molecular formula is C15H20N4. The summed E-state index contributed by atoms with van der Waals surface area (Å²) in [6.07, 6.45) is 1.89. The summed E-state index contributed by atoms with van der Waals surface area (Å²) in [5.41, 5.74) is 4.48. The van der Waals surface area contributed by atoms with Gasteiger partial charge in [-0.15, -0.1) is 0 Å². The van der Waals surface area contributed by atoms with Crippen LogP contribution in [0.15, 0.2) is 30.5 Å². The van der Waals surface area contributed by atoms with Crippen LogP contribution in [0.5, 0.6) is 0 Å². The Bertz CT molecular complexity index is 566. The molecule has 19 heavy (non-hydrogen) atoms. The summed E-state index contributed by atoms with van der Waals surface area (Å²) in [6.45, 7) is 4.90. The number of rotatable bonds is 4. The van der Waals surface area contributed by atoms with Crippen LogP contribution in [-0.2, 0) is 6.54 Å². The van der Waals surface area contributed by atoms with Gasteiger partial charge in [-0.05, 0) is 32.5 Å². The molecule has 0 saturated carbocycles. The van der Waals surface area contributed by atoms with Crippen molar-refractivity contribution in [3.63, 3.8) is 0 Å². The van der Waals surface area contributed by atoms with Crippen LogP contribution in [0.4, 0.5) is 11.6 Å². The van der Waals surface area contributed by atoms with Crippen LogP contribution >= 0.6 is 0 Å². The van der Waals surface area contributed by atoms with Crippen LogP contribution in [0.3, 0.4) is 0 Å². The van der Waals surface area contributed by atoms with Gasteiger partial charge >= 0.3 is 0 Å². The van der Waals surface area contributed by atoms with Gasteiger partial charge in [0.1, 0.15) is 0 Å². The first kappa shape index (κ1) is 13.5. The van der Waals surface area contributed by atoms with Crippen molar-refractivity contribution in [2.45, 2.75) is 20.4 Å². The monoisotopic (exact) mass is 256 g/mol. The molecule has 2 rings (SSSR count). The van der Waals surface area contributed by atoms with Crippen molar-refractivity contribution in [1.82, 2.24) is 15.3 Å². The maximum Gasteiger partial charge on any atom is 0.229 e. The zero-order chi connectivity index (χ0) is 13.8. The zero-order valence-electron chi connectivity index (χ0n) is 11.9. The standard InChI is InChI=1S/C15H20N4/c1-11-7-5-6-8-14(11)19(4)15-17-10-13(9-16-3)12(2)18-15/h5-8,10,16H,9H2,1-4H3. The van der Waals surface area contributed by atoms with E-state index in [2.05, 4.69) is 34.3 Å². The highest BCUT2D eigenvalue weighted by atomic mass is 15.2. The molecule has 4 nitrogen and oxygen atoms in total. The fourth-order valence-electron chi connectivity index (χ4n) is 2.05. The van der Waals surface area contributed by atoms with Gasteiger partial charge in [0.2, 0.25) is 5.95 Å². The van der Waals surface area contributed by atoms with Crippen molar-refractivity contribution < 1.29 is 0 Å². The Labute approximate surface area is 114 Å². The first-order valence-electron chi connectivity index (χ1n) is 6.40. The molecule has 1 aromatic carbocycles. The van der Waals surface area contributed by atoms with Crippen molar-refractivity contribution in [3.05, 3.63) is 47.3 Å². The molecule has 0 spiro atoms. The first-order chi connectivity index (χ1) is 9.13. The molecule has 0 atom stereocenters. The Morgan fingerprint density at radius 2 is 1.95 bits per heavy atom. The van der Waals surface area contributed by atoms with Crippen molar-refractivity contribution in [1.29, 1.82) is 0 Å². The molecule has 1 N–H and O–H groups in total. The van der Waals surface area contributed by atoms with Gasteiger partial charge in [0.25, 0.3) is 0 Å². The molecule has 0 amide bonds. The van der Waals surface area contributed by atoms with E-state index >= 15 is 0 Å². The lowest BCUT2D eigenvalue weighted by atomic mass is 10.2. The lowest BCUT2D eigenvalue weighted by Crippen LogP contribution is -2.16. The van der Waals surface area contributed by atoms with Crippen molar-refractivity contribution in [2.24, 2.45) is 0 Å². The first-order valence-corrected chi connectivity index (χ1v) is 6.40. The molecular weight excluding hydrogens is 236 g/mol. The number of hydrogen-bond acceptors (Lipinski definition) is 4. The number of aromatic nitrogens is 2. The van der Waals surface area contributed by atoms with Gasteiger partial charge in [0, 0.05) is 36.7 Å². The third-order valence-electron chi connectivity index (χ3n) is 3.21. The third-order valence-corrected chi connectivity index (χ3v) is 3.21. The van der Waals surface area contributed by atoms with E-state index in [0.717, 1.165) is 29.4 Å². The van der Waals surface area contributed by atoms with Crippen molar-refractivity contribution >= 4 is 11.6 Å². The fourth-order valence-corrected chi connectivity index (χ4v) is 2.05. The maximum absolute atomic E-state index is 4.58. The summed E-state index contributed by atoms with van der Waals surface area (Å²) in [6, 6.07) is 8.24. The summed E-state index contributed by atoms with van der Waals surface area (Å²) in [5.74, 6) is 0.728. The minimum absolute atomic E-state index is 0.728. The second-order valence-corrected chi connectivity index (χ2v) is 4.66. The Balaban J connectivity index is 2.32. The van der Waals surface area contributed by atoms with Crippen LogP contribution in [0.2, 0.25) is 0 Å². The summed E-state index contributed by atoms with van der Waals surface area (Å²) in [4.78, 5) is 11.1. The summed E-state index contributed by atoms with van der Waals surface area (Å²) in [5, 5.41) is 3.12. The second kappa shape index (κ2) is 5.80. The molecule has 0 aliphatic rings. The average Bonchev–Trinajstić information content (AvgIpc) is 2.41. The number of nitrogens with zero attached hydrogens (tertiary/aromatic N) is 3. The molecule has 1 aromatic heterocycles. The SMILES string of the molecule is CNCc1cnc(N(C)c2ccccc2C)nc1C. The van der Waals surface area contributed by atoms with Crippen LogP contribution in [-0.4, -0.2) is 24.1 Å². The number of nitrogens with one attached hydrogen (secondary N) is 1. The number of benzene rings is 1. The smallest absolute Gasteiger partial charge is 0.229 e. The molecule has 0 unspecified atom stereocenters. The topological polar surface area (TPSA) is 41.1 Å². The van der Waals surface area contributed by atoms with Crippen LogP contribution in [0.1, 0.15) is 16.8 Å². The lowest BCUT2D eigenvalue weighted by molar-refractivity contribution is 0.795. The van der Waals surface area contributed by atoms with Crippen LogP contribution in [0.25, 0.3) is 0 Å². The van der Waals surface area contributed by atoms with E-state index in [1.165, 1.54) is 5.56 Å². The van der Waals surface area contributed by atoms with Gasteiger partial charge in [0.15, 0.2) is 0 Å².